The predicted octanol–water partition coefficient (Wildman–Crippen LogP) is 3.52. The molecule has 16 heavy (non-hydrogen) atoms. The van der Waals surface area contributed by atoms with Crippen LogP contribution in [0.3, 0.4) is 0 Å². The fourth-order valence-corrected chi connectivity index (χ4v) is 2.77. The Morgan fingerprint density at radius 2 is 2.12 bits per heavy atom. The molecule has 0 unspecified atom stereocenters. The van der Waals surface area contributed by atoms with Crippen molar-refractivity contribution in [3.8, 4) is 0 Å². The first kappa shape index (κ1) is 10.8. The van der Waals surface area contributed by atoms with Crippen LogP contribution in [0.4, 0.5) is 0 Å². The van der Waals surface area contributed by atoms with Crippen LogP contribution in [0.15, 0.2) is 28.7 Å². The molecule has 0 spiro atoms. The largest absolute Gasteiger partial charge is 0.313 e. The predicted molar refractivity (Wildman–Crippen MR) is 70.5 cm³/mol. The fourth-order valence-electron chi connectivity index (χ4n) is 2.32. The standard InChI is InChI=1S/C14H18BrN/c15-12-3-1-2-11(8-12)9-14(6-7-14)10-16-13-4-5-13/h1-3,8,13,16H,4-7,9-10H2. The van der Waals surface area contributed by atoms with Crippen LogP contribution < -0.4 is 5.32 Å². The Kier molecular flexibility index (Phi) is 2.80. The SMILES string of the molecule is Brc1cccc(CC2(CNC3CC3)CC2)c1. The first-order valence-electron chi connectivity index (χ1n) is 6.24. The summed E-state index contributed by atoms with van der Waals surface area (Å²) in [4.78, 5) is 0. The second kappa shape index (κ2) is 4.15. The molecule has 0 aliphatic heterocycles. The third kappa shape index (κ3) is 2.67. The Labute approximate surface area is 106 Å². The van der Waals surface area contributed by atoms with Gasteiger partial charge in [0.25, 0.3) is 0 Å². The molecule has 1 aromatic rings. The first-order valence-corrected chi connectivity index (χ1v) is 7.03. The lowest BCUT2D eigenvalue weighted by molar-refractivity contribution is 0.453. The zero-order chi connectivity index (χ0) is 11.0. The molecule has 0 bridgehead atoms. The number of hydrogen-bond acceptors (Lipinski definition) is 1. The molecule has 0 saturated heterocycles. The lowest BCUT2D eigenvalue weighted by atomic mass is 9.96. The minimum absolute atomic E-state index is 0.587. The van der Waals surface area contributed by atoms with Crippen LogP contribution in [0.25, 0.3) is 0 Å². The van der Waals surface area contributed by atoms with Gasteiger partial charge in [0.05, 0.1) is 0 Å². The molecule has 2 saturated carbocycles. The van der Waals surface area contributed by atoms with Crippen molar-refractivity contribution < 1.29 is 0 Å². The van der Waals surface area contributed by atoms with E-state index in [1.54, 1.807) is 0 Å². The van der Waals surface area contributed by atoms with Gasteiger partial charge in [0.2, 0.25) is 0 Å². The molecule has 2 heteroatoms. The molecule has 2 aliphatic rings. The van der Waals surface area contributed by atoms with Gasteiger partial charge in [0, 0.05) is 17.1 Å². The van der Waals surface area contributed by atoms with Crippen LogP contribution in [0, 0.1) is 5.41 Å². The Hall–Kier alpha value is -0.340. The average molecular weight is 280 g/mol. The molecule has 0 amide bonds. The minimum atomic E-state index is 0.587. The second-order valence-electron chi connectivity index (χ2n) is 5.46. The highest BCUT2D eigenvalue weighted by Gasteiger charge is 2.43. The van der Waals surface area contributed by atoms with Gasteiger partial charge in [-0.2, -0.15) is 0 Å². The van der Waals surface area contributed by atoms with E-state index in [-0.39, 0.29) is 0 Å². The van der Waals surface area contributed by atoms with E-state index in [9.17, 15) is 0 Å². The zero-order valence-electron chi connectivity index (χ0n) is 9.51. The molecule has 1 nitrogen and oxygen atoms in total. The maximum Gasteiger partial charge on any atom is 0.0177 e. The quantitative estimate of drug-likeness (QED) is 0.870. The number of halogens is 1. The Morgan fingerprint density at radius 3 is 2.75 bits per heavy atom. The second-order valence-corrected chi connectivity index (χ2v) is 6.38. The molecule has 0 heterocycles. The molecule has 0 atom stereocenters. The maximum atomic E-state index is 3.68. The van der Waals surface area contributed by atoms with Crippen molar-refractivity contribution in [2.24, 2.45) is 5.41 Å². The number of rotatable bonds is 5. The van der Waals surface area contributed by atoms with Crippen molar-refractivity contribution in [2.45, 2.75) is 38.1 Å². The summed E-state index contributed by atoms with van der Waals surface area (Å²) < 4.78 is 1.20. The van der Waals surface area contributed by atoms with Gasteiger partial charge in [-0.05, 0) is 55.2 Å². The Morgan fingerprint density at radius 1 is 1.31 bits per heavy atom. The van der Waals surface area contributed by atoms with E-state index in [0.29, 0.717) is 5.41 Å². The van der Waals surface area contributed by atoms with Gasteiger partial charge in [-0.25, -0.2) is 0 Å². The number of benzene rings is 1. The lowest BCUT2D eigenvalue weighted by Gasteiger charge is -2.16. The molecule has 2 fully saturated rings. The molecule has 3 rings (SSSR count). The minimum Gasteiger partial charge on any atom is -0.313 e. The van der Waals surface area contributed by atoms with Crippen molar-refractivity contribution >= 4 is 15.9 Å². The summed E-state index contributed by atoms with van der Waals surface area (Å²) in [6.45, 7) is 1.23. The maximum absolute atomic E-state index is 3.68. The summed E-state index contributed by atoms with van der Waals surface area (Å²) in [6, 6.07) is 9.61. The van der Waals surface area contributed by atoms with Gasteiger partial charge in [0.15, 0.2) is 0 Å². The van der Waals surface area contributed by atoms with E-state index in [2.05, 4.69) is 45.5 Å². The molecule has 2 aliphatic carbocycles. The van der Waals surface area contributed by atoms with E-state index in [1.807, 2.05) is 0 Å². The van der Waals surface area contributed by atoms with Crippen molar-refractivity contribution in [3.05, 3.63) is 34.3 Å². The summed E-state index contributed by atoms with van der Waals surface area (Å²) >= 11 is 3.55. The number of hydrogen-bond donors (Lipinski definition) is 1. The van der Waals surface area contributed by atoms with Crippen LogP contribution in [0.1, 0.15) is 31.2 Å². The smallest absolute Gasteiger partial charge is 0.0177 e. The van der Waals surface area contributed by atoms with Crippen LogP contribution >= 0.6 is 15.9 Å². The summed E-state index contributed by atoms with van der Waals surface area (Å²) in [7, 11) is 0. The summed E-state index contributed by atoms with van der Waals surface area (Å²) in [5.41, 5.74) is 2.06. The topological polar surface area (TPSA) is 12.0 Å². The molecule has 0 aromatic heterocycles. The highest BCUT2D eigenvalue weighted by molar-refractivity contribution is 9.10. The van der Waals surface area contributed by atoms with Gasteiger partial charge in [0.1, 0.15) is 0 Å². The normalized spacial score (nSPS) is 22.1. The Bertz CT molecular complexity index is 380. The van der Waals surface area contributed by atoms with Gasteiger partial charge in [-0.1, -0.05) is 28.1 Å². The molecule has 86 valence electrons. The molecular weight excluding hydrogens is 262 g/mol. The fraction of sp³-hybridized carbons (Fsp3) is 0.571. The highest BCUT2D eigenvalue weighted by atomic mass is 79.9. The monoisotopic (exact) mass is 279 g/mol. The Balaban J connectivity index is 1.60. The molecule has 1 aromatic carbocycles. The molecular formula is C14H18BrN. The van der Waals surface area contributed by atoms with E-state index in [1.165, 1.54) is 48.7 Å². The first-order chi connectivity index (χ1) is 7.76. The summed E-state index contributed by atoms with van der Waals surface area (Å²) in [5.74, 6) is 0. The van der Waals surface area contributed by atoms with Crippen molar-refractivity contribution in [1.29, 1.82) is 0 Å². The molecule has 1 N–H and O–H groups in total. The van der Waals surface area contributed by atoms with Gasteiger partial charge in [-0.3, -0.25) is 0 Å². The third-order valence-electron chi connectivity index (χ3n) is 3.77. The van der Waals surface area contributed by atoms with Gasteiger partial charge >= 0.3 is 0 Å². The van der Waals surface area contributed by atoms with E-state index in [0.717, 1.165) is 6.04 Å². The van der Waals surface area contributed by atoms with Crippen molar-refractivity contribution in [2.75, 3.05) is 6.54 Å². The van der Waals surface area contributed by atoms with Crippen LogP contribution in [-0.4, -0.2) is 12.6 Å². The van der Waals surface area contributed by atoms with Crippen LogP contribution in [0.5, 0.6) is 0 Å². The lowest BCUT2D eigenvalue weighted by Crippen LogP contribution is -2.27. The third-order valence-corrected chi connectivity index (χ3v) is 4.26. The van der Waals surface area contributed by atoms with E-state index >= 15 is 0 Å². The highest BCUT2D eigenvalue weighted by Crippen LogP contribution is 2.48. The van der Waals surface area contributed by atoms with E-state index < -0.39 is 0 Å². The van der Waals surface area contributed by atoms with Crippen LogP contribution in [0.2, 0.25) is 0 Å². The van der Waals surface area contributed by atoms with Crippen molar-refractivity contribution in [1.82, 2.24) is 5.32 Å². The van der Waals surface area contributed by atoms with Gasteiger partial charge in [-0.15, -0.1) is 0 Å². The average Bonchev–Trinajstić information content (AvgIpc) is 3.11. The molecule has 0 radical (unpaired) electrons. The van der Waals surface area contributed by atoms with Crippen LogP contribution in [-0.2, 0) is 6.42 Å². The number of nitrogens with one attached hydrogen (secondary N) is 1. The van der Waals surface area contributed by atoms with E-state index in [4.69, 9.17) is 0 Å². The summed E-state index contributed by atoms with van der Waals surface area (Å²) in [6.07, 6.45) is 6.84. The van der Waals surface area contributed by atoms with Gasteiger partial charge < -0.3 is 5.32 Å². The zero-order valence-corrected chi connectivity index (χ0v) is 11.1. The van der Waals surface area contributed by atoms with Crippen molar-refractivity contribution in [3.63, 3.8) is 0 Å². The summed E-state index contributed by atoms with van der Waals surface area (Å²) in [5, 5.41) is 3.68.